The summed E-state index contributed by atoms with van der Waals surface area (Å²) in [5.74, 6) is 6.31. The van der Waals surface area contributed by atoms with Gasteiger partial charge in [0.05, 0.1) is 23.1 Å². The van der Waals surface area contributed by atoms with Crippen molar-refractivity contribution in [2.45, 2.75) is 12.7 Å². The Kier molecular flexibility index (Phi) is 9.56. The van der Waals surface area contributed by atoms with Crippen LogP contribution in [0.15, 0.2) is 85.5 Å². The molecule has 232 valence electrons. The first-order valence-electron chi connectivity index (χ1n) is 14.4. The van der Waals surface area contributed by atoms with E-state index >= 15 is 0 Å². The molecular formula is C34H35F3N8. The normalized spacial score (nSPS) is 14.5. The quantitative estimate of drug-likeness (QED) is 0.143. The summed E-state index contributed by atoms with van der Waals surface area (Å²) in [4.78, 5) is 8.74. The Labute approximate surface area is 260 Å². The highest BCUT2D eigenvalue weighted by Gasteiger charge is 2.34. The zero-order valence-electron chi connectivity index (χ0n) is 25.2. The van der Waals surface area contributed by atoms with Crippen molar-refractivity contribution in [3.8, 4) is 11.8 Å². The minimum absolute atomic E-state index is 0.257. The predicted molar refractivity (Wildman–Crippen MR) is 174 cm³/mol. The molecule has 2 aromatic heterocycles. The minimum Gasteiger partial charge on any atom is -0.392 e. The van der Waals surface area contributed by atoms with Crippen LogP contribution in [0.2, 0.25) is 0 Å². The molecule has 0 saturated carbocycles. The maximum Gasteiger partial charge on any atom is 0.416 e. The molecule has 5 rings (SSSR count). The third-order valence-electron chi connectivity index (χ3n) is 7.52. The fourth-order valence-corrected chi connectivity index (χ4v) is 5.10. The highest BCUT2D eigenvalue weighted by molar-refractivity contribution is 5.84. The van der Waals surface area contributed by atoms with Crippen molar-refractivity contribution < 1.29 is 13.2 Å². The molecular weight excluding hydrogens is 577 g/mol. The molecule has 4 N–H and O–H groups in total. The summed E-state index contributed by atoms with van der Waals surface area (Å²) in [5.41, 5.74) is 4.43. The predicted octanol–water partition coefficient (Wildman–Crippen LogP) is 5.71. The lowest BCUT2D eigenvalue weighted by Gasteiger charge is -2.33. The van der Waals surface area contributed by atoms with E-state index in [1.807, 2.05) is 54.0 Å². The number of hydrogen-bond donors (Lipinski definition) is 4. The molecule has 0 amide bonds. The Bertz CT molecular complexity index is 1790. The van der Waals surface area contributed by atoms with Crippen LogP contribution in [-0.2, 0) is 12.7 Å². The number of alkyl halides is 3. The number of hydrogen-bond acceptors (Lipinski definition) is 7. The Morgan fingerprint density at radius 2 is 1.84 bits per heavy atom. The summed E-state index contributed by atoms with van der Waals surface area (Å²) >= 11 is 0. The molecule has 0 unspecified atom stereocenters. The van der Waals surface area contributed by atoms with Crippen LogP contribution in [0.4, 0.5) is 24.5 Å². The van der Waals surface area contributed by atoms with Crippen LogP contribution in [0.5, 0.6) is 0 Å². The van der Waals surface area contributed by atoms with E-state index in [-0.39, 0.29) is 12.1 Å². The van der Waals surface area contributed by atoms with Crippen molar-refractivity contribution >= 4 is 28.9 Å². The number of likely N-dealkylation sites (N-methyl/N-ethyl adjacent to an activating group) is 1. The van der Waals surface area contributed by atoms with E-state index < -0.39 is 11.7 Å². The van der Waals surface area contributed by atoms with Crippen molar-refractivity contribution in [1.29, 1.82) is 5.41 Å². The van der Waals surface area contributed by atoms with Crippen molar-refractivity contribution in [2.75, 3.05) is 50.9 Å². The van der Waals surface area contributed by atoms with Crippen LogP contribution < -0.4 is 16.0 Å². The van der Waals surface area contributed by atoms with Gasteiger partial charge in [-0.3, -0.25) is 9.30 Å². The second kappa shape index (κ2) is 13.7. The number of aromatic nitrogens is 2. The molecule has 0 bridgehead atoms. The highest BCUT2D eigenvalue weighted by atomic mass is 19.4. The molecule has 0 radical (unpaired) electrons. The third kappa shape index (κ3) is 7.73. The molecule has 0 atom stereocenters. The lowest BCUT2D eigenvalue weighted by molar-refractivity contribution is -0.138. The number of allylic oxidation sites excluding steroid dienone is 1. The van der Waals surface area contributed by atoms with E-state index in [4.69, 9.17) is 5.41 Å². The number of pyridine rings is 1. The summed E-state index contributed by atoms with van der Waals surface area (Å²) in [7, 11) is 3.77. The number of nitrogens with one attached hydrogen (secondary N) is 4. The number of imidazole rings is 1. The van der Waals surface area contributed by atoms with E-state index in [0.29, 0.717) is 39.5 Å². The van der Waals surface area contributed by atoms with Gasteiger partial charge in [0.1, 0.15) is 5.69 Å². The Morgan fingerprint density at radius 1 is 1.04 bits per heavy atom. The Balaban J connectivity index is 1.32. The average Bonchev–Trinajstić information content (AvgIpc) is 3.45. The van der Waals surface area contributed by atoms with Gasteiger partial charge in [-0.05, 0) is 60.5 Å². The van der Waals surface area contributed by atoms with Gasteiger partial charge < -0.3 is 26.3 Å². The molecule has 0 aliphatic carbocycles. The smallest absolute Gasteiger partial charge is 0.392 e. The fraction of sp³-hybridized carbons (Fsp3) is 0.235. The standard InChI is InChI=1S/C34H35F3N8/c1-24(41-28-11-10-27(31(19-28)34(35,36)37)23-44-16-14-43(3)15-17-44)26-7-4-6-25(18-26)9-12-30-22-40-33-32(8-5-13-45(30)33)42-29(20-38)21-39-2/h4-8,10-11,13,18-22,38-39,41-42H,1,14-17,23H2,2-3H3/b29-21+,38-20?. The van der Waals surface area contributed by atoms with E-state index in [2.05, 4.69) is 49.2 Å². The van der Waals surface area contributed by atoms with Gasteiger partial charge in [-0.1, -0.05) is 30.7 Å². The van der Waals surface area contributed by atoms with Crippen LogP contribution in [-0.4, -0.2) is 65.7 Å². The lowest BCUT2D eigenvalue weighted by Crippen LogP contribution is -2.44. The van der Waals surface area contributed by atoms with Gasteiger partial charge in [0.2, 0.25) is 0 Å². The monoisotopic (exact) mass is 612 g/mol. The van der Waals surface area contributed by atoms with Crippen LogP contribution in [0.25, 0.3) is 11.3 Å². The van der Waals surface area contributed by atoms with Gasteiger partial charge in [-0.2, -0.15) is 13.2 Å². The fourth-order valence-electron chi connectivity index (χ4n) is 5.10. The molecule has 1 saturated heterocycles. The summed E-state index contributed by atoms with van der Waals surface area (Å²) in [5, 5.41) is 16.7. The second-order valence-corrected chi connectivity index (χ2v) is 10.8. The molecule has 8 nitrogen and oxygen atoms in total. The first kappa shape index (κ1) is 31.4. The van der Waals surface area contributed by atoms with Gasteiger partial charge >= 0.3 is 6.18 Å². The largest absolute Gasteiger partial charge is 0.416 e. The van der Waals surface area contributed by atoms with E-state index in [0.717, 1.165) is 37.9 Å². The number of anilines is 2. The van der Waals surface area contributed by atoms with Crippen molar-refractivity contribution in [2.24, 2.45) is 0 Å². The highest BCUT2D eigenvalue weighted by Crippen LogP contribution is 2.35. The maximum absolute atomic E-state index is 14.1. The zero-order chi connectivity index (χ0) is 32.0. The molecule has 3 heterocycles. The first-order valence-corrected chi connectivity index (χ1v) is 14.4. The SMILES string of the molecule is C=C(Nc1ccc(CN2CCN(C)CC2)c(C(F)(F)F)c1)c1cccc(C#Cc2cnc3c(N/C(C=N)=C/NC)cccn23)c1. The topological polar surface area (TPSA) is 83.7 Å². The molecule has 1 aliphatic heterocycles. The molecule has 45 heavy (non-hydrogen) atoms. The Morgan fingerprint density at radius 3 is 2.58 bits per heavy atom. The van der Waals surface area contributed by atoms with Crippen molar-refractivity contribution in [3.05, 3.63) is 113 Å². The van der Waals surface area contributed by atoms with Gasteiger partial charge in [-0.25, -0.2) is 4.98 Å². The molecule has 4 aromatic rings. The van der Waals surface area contributed by atoms with Crippen LogP contribution >= 0.6 is 0 Å². The molecule has 1 fully saturated rings. The first-order chi connectivity index (χ1) is 21.6. The molecule has 2 aromatic carbocycles. The Hall–Kier alpha value is -5.05. The van der Waals surface area contributed by atoms with Crippen molar-refractivity contribution in [3.63, 3.8) is 0 Å². The molecule has 0 spiro atoms. The number of piperazine rings is 1. The van der Waals surface area contributed by atoms with Gasteiger partial charge in [0, 0.05) is 75.3 Å². The summed E-state index contributed by atoms with van der Waals surface area (Å²) < 4.78 is 44.1. The van der Waals surface area contributed by atoms with Crippen molar-refractivity contribution in [1.82, 2.24) is 24.5 Å². The molecule has 1 aliphatic rings. The van der Waals surface area contributed by atoms with E-state index in [1.54, 1.807) is 31.6 Å². The average molecular weight is 613 g/mol. The second-order valence-electron chi connectivity index (χ2n) is 10.8. The van der Waals surface area contributed by atoms with Crippen LogP contribution in [0, 0.1) is 17.3 Å². The van der Waals surface area contributed by atoms with Gasteiger partial charge in [-0.15, -0.1) is 0 Å². The number of halogens is 3. The third-order valence-corrected chi connectivity index (χ3v) is 7.52. The summed E-state index contributed by atoms with van der Waals surface area (Å²) in [6.45, 7) is 7.49. The number of nitrogens with zero attached hydrogens (tertiary/aromatic N) is 4. The maximum atomic E-state index is 14.1. The zero-order valence-corrected chi connectivity index (χ0v) is 25.2. The van der Waals surface area contributed by atoms with Crippen LogP contribution in [0.3, 0.4) is 0 Å². The van der Waals surface area contributed by atoms with E-state index in [1.165, 1.54) is 6.21 Å². The molecule has 11 heteroatoms. The van der Waals surface area contributed by atoms with Crippen LogP contribution in [0.1, 0.15) is 27.9 Å². The number of fused-ring (bicyclic) bond motifs is 1. The van der Waals surface area contributed by atoms with E-state index in [9.17, 15) is 13.2 Å². The number of rotatable bonds is 9. The summed E-state index contributed by atoms with van der Waals surface area (Å²) in [6, 6.07) is 15.5. The van der Waals surface area contributed by atoms with Gasteiger partial charge in [0.15, 0.2) is 5.65 Å². The lowest BCUT2D eigenvalue weighted by atomic mass is 10.0. The summed E-state index contributed by atoms with van der Waals surface area (Å²) in [6.07, 6.45) is 1.94. The minimum atomic E-state index is -4.48. The van der Waals surface area contributed by atoms with Gasteiger partial charge in [0.25, 0.3) is 0 Å². The number of benzene rings is 2.